The molecule has 0 aliphatic rings. The van der Waals surface area contributed by atoms with Gasteiger partial charge in [0.05, 0.1) is 10.9 Å². The molecule has 2 aromatic rings. The summed E-state index contributed by atoms with van der Waals surface area (Å²) < 4.78 is 26.7. The molecule has 0 radical (unpaired) electrons. The van der Waals surface area contributed by atoms with E-state index in [0.29, 0.717) is 5.56 Å². The van der Waals surface area contributed by atoms with Crippen LogP contribution in [0.2, 0.25) is 0 Å². The van der Waals surface area contributed by atoms with E-state index in [1.165, 1.54) is 55.5 Å². The third kappa shape index (κ3) is 3.50. The fourth-order valence-electron chi connectivity index (χ4n) is 1.76. The van der Waals surface area contributed by atoms with Crippen molar-refractivity contribution in [2.24, 2.45) is 0 Å². The molecule has 0 bridgehead atoms. The van der Waals surface area contributed by atoms with E-state index >= 15 is 0 Å². The maximum absolute atomic E-state index is 12.2. The Kier molecular flexibility index (Phi) is 4.27. The second kappa shape index (κ2) is 5.98. The average Bonchev–Trinajstić information content (AvgIpc) is 2.47. The molecule has 0 spiro atoms. The SMILES string of the molecule is CC(=O)c1ccc(S(=O)(=O)Nc2ccc(C(=O)[O-])cc2)cc1. The lowest BCUT2D eigenvalue weighted by molar-refractivity contribution is -0.255. The van der Waals surface area contributed by atoms with Crippen LogP contribution in [0.4, 0.5) is 5.69 Å². The highest BCUT2D eigenvalue weighted by molar-refractivity contribution is 7.92. The van der Waals surface area contributed by atoms with Gasteiger partial charge < -0.3 is 9.90 Å². The van der Waals surface area contributed by atoms with E-state index in [1.54, 1.807) is 0 Å². The van der Waals surface area contributed by atoms with Gasteiger partial charge in [0.25, 0.3) is 10.0 Å². The molecule has 22 heavy (non-hydrogen) atoms. The quantitative estimate of drug-likeness (QED) is 0.830. The van der Waals surface area contributed by atoms with Gasteiger partial charge in [0.15, 0.2) is 5.78 Å². The number of carboxylic acids is 1. The zero-order valence-electron chi connectivity index (χ0n) is 11.6. The summed E-state index contributed by atoms with van der Waals surface area (Å²) in [5.74, 6) is -1.50. The minimum Gasteiger partial charge on any atom is -0.545 e. The number of sulfonamides is 1. The van der Waals surface area contributed by atoms with E-state index in [9.17, 15) is 23.1 Å². The van der Waals surface area contributed by atoms with Crippen LogP contribution in [-0.2, 0) is 10.0 Å². The van der Waals surface area contributed by atoms with E-state index in [1.807, 2.05) is 0 Å². The van der Waals surface area contributed by atoms with Crippen LogP contribution in [0.15, 0.2) is 53.4 Å². The van der Waals surface area contributed by atoms with Crippen molar-refractivity contribution in [2.45, 2.75) is 11.8 Å². The van der Waals surface area contributed by atoms with Crippen LogP contribution in [0, 0.1) is 0 Å². The fourth-order valence-corrected chi connectivity index (χ4v) is 2.82. The van der Waals surface area contributed by atoms with Gasteiger partial charge in [0, 0.05) is 11.3 Å². The fraction of sp³-hybridized carbons (Fsp3) is 0.0667. The number of aromatic carboxylic acids is 1. The molecule has 0 heterocycles. The van der Waals surface area contributed by atoms with Crippen LogP contribution in [0.1, 0.15) is 27.6 Å². The highest BCUT2D eigenvalue weighted by Crippen LogP contribution is 2.17. The number of carbonyl (C=O) groups is 2. The summed E-state index contributed by atoms with van der Waals surface area (Å²) >= 11 is 0. The van der Waals surface area contributed by atoms with Gasteiger partial charge in [-0.3, -0.25) is 9.52 Å². The van der Waals surface area contributed by atoms with Crippen LogP contribution >= 0.6 is 0 Å². The van der Waals surface area contributed by atoms with Gasteiger partial charge >= 0.3 is 0 Å². The molecular formula is C15H12NO5S-. The number of nitrogens with one attached hydrogen (secondary N) is 1. The Morgan fingerprint density at radius 1 is 0.909 bits per heavy atom. The molecule has 0 saturated heterocycles. The van der Waals surface area contributed by atoms with E-state index in [2.05, 4.69) is 4.72 Å². The minimum absolute atomic E-state index is 0.00137. The molecule has 0 aliphatic heterocycles. The summed E-state index contributed by atoms with van der Waals surface area (Å²) in [7, 11) is -3.81. The molecular weight excluding hydrogens is 306 g/mol. The normalized spacial score (nSPS) is 11.0. The van der Waals surface area contributed by atoms with E-state index in [4.69, 9.17) is 0 Å². The smallest absolute Gasteiger partial charge is 0.261 e. The van der Waals surface area contributed by atoms with E-state index in [0.717, 1.165) is 0 Å². The number of rotatable bonds is 5. The molecule has 0 saturated carbocycles. The average molecular weight is 318 g/mol. The summed E-state index contributed by atoms with van der Waals surface area (Å²) in [4.78, 5) is 21.8. The first-order chi connectivity index (χ1) is 10.3. The maximum Gasteiger partial charge on any atom is 0.261 e. The van der Waals surface area contributed by atoms with Gasteiger partial charge in [0.2, 0.25) is 0 Å². The third-order valence-electron chi connectivity index (χ3n) is 2.94. The summed E-state index contributed by atoms with van der Waals surface area (Å²) in [5.41, 5.74) is 0.590. The molecule has 0 amide bonds. The van der Waals surface area contributed by atoms with Crippen molar-refractivity contribution in [3.63, 3.8) is 0 Å². The van der Waals surface area contributed by atoms with Crippen LogP contribution in [0.5, 0.6) is 0 Å². The van der Waals surface area contributed by atoms with Gasteiger partial charge in [-0.05, 0) is 36.8 Å². The Morgan fingerprint density at radius 3 is 1.86 bits per heavy atom. The van der Waals surface area contributed by atoms with Gasteiger partial charge in [-0.25, -0.2) is 8.42 Å². The molecule has 2 aromatic carbocycles. The minimum atomic E-state index is -3.81. The Hall–Kier alpha value is -2.67. The molecule has 7 heteroatoms. The summed E-state index contributed by atoms with van der Waals surface area (Å²) in [6.07, 6.45) is 0. The Morgan fingerprint density at radius 2 is 1.41 bits per heavy atom. The molecule has 1 N–H and O–H groups in total. The highest BCUT2D eigenvalue weighted by atomic mass is 32.2. The standard InChI is InChI=1S/C15H13NO5S/c1-10(17)11-4-8-14(9-5-11)22(20,21)16-13-6-2-12(3-7-13)15(18)19/h2-9,16H,1H3,(H,18,19)/p-1. The Balaban J connectivity index is 2.23. The predicted molar refractivity (Wildman–Crippen MR) is 78.0 cm³/mol. The van der Waals surface area contributed by atoms with Crippen molar-refractivity contribution >= 4 is 27.5 Å². The van der Waals surface area contributed by atoms with Crippen LogP contribution in [0.3, 0.4) is 0 Å². The molecule has 0 fully saturated rings. The lowest BCUT2D eigenvalue weighted by Crippen LogP contribution is -2.22. The van der Waals surface area contributed by atoms with Crippen molar-refractivity contribution in [3.05, 3.63) is 59.7 Å². The molecule has 0 atom stereocenters. The largest absolute Gasteiger partial charge is 0.545 e. The monoisotopic (exact) mass is 318 g/mol. The highest BCUT2D eigenvalue weighted by Gasteiger charge is 2.14. The number of hydrogen-bond donors (Lipinski definition) is 1. The Labute approximate surface area is 127 Å². The zero-order valence-corrected chi connectivity index (χ0v) is 12.4. The number of carbonyl (C=O) groups excluding carboxylic acids is 2. The maximum atomic E-state index is 12.2. The van der Waals surface area contributed by atoms with Crippen molar-refractivity contribution in [3.8, 4) is 0 Å². The first kappa shape index (κ1) is 15.7. The second-order valence-corrected chi connectivity index (χ2v) is 6.23. The third-order valence-corrected chi connectivity index (χ3v) is 4.34. The van der Waals surface area contributed by atoms with Crippen molar-refractivity contribution in [1.82, 2.24) is 0 Å². The van der Waals surface area contributed by atoms with Gasteiger partial charge in [-0.2, -0.15) is 0 Å². The van der Waals surface area contributed by atoms with Crippen LogP contribution in [-0.4, -0.2) is 20.2 Å². The second-order valence-electron chi connectivity index (χ2n) is 4.55. The van der Waals surface area contributed by atoms with Crippen LogP contribution in [0.25, 0.3) is 0 Å². The van der Waals surface area contributed by atoms with Crippen molar-refractivity contribution in [2.75, 3.05) is 4.72 Å². The number of benzene rings is 2. The zero-order chi connectivity index (χ0) is 16.3. The number of carboxylic acid groups (broad SMARTS) is 1. The lowest BCUT2D eigenvalue weighted by atomic mass is 10.2. The van der Waals surface area contributed by atoms with E-state index < -0.39 is 16.0 Å². The number of hydrogen-bond acceptors (Lipinski definition) is 5. The topological polar surface area (TPSA) is 103 Å². The summed E-state index contributed by atoms with van der Waals surface area (Å²) in [5, 5.41) is 10.6. The molecule has 114 valence electrons. The first-order valence-corrected chi connectivity index (χ1v) is 7.73. The van der Waals surface area contributed by atoms with Crippen LogP contribution < -0.4 is 9.83 Å². The number of anilines is 1. The van der Waals surface area contributed by atoms with Gasteiger partial charge in [-0.1, -0.05) is 24.3 Å². The molecule has 0 aromatic heterocycles. The first-order valence-electron chi connectivity index (χ1n) is 6.25. The number of Topliss-reactive ketones (excluding diaryl/α,β-unsaturated/α-hetero) is 1. The van der Waals surface area contributed by atoms with Gasteiger partial charge in [-0.15, -0.1) is 0 Å². The van der Waals surface area contributed by atoms with Crippen molar-refractivity contribution < 1.29 is 23.1 Å². The number of ketones is 1. The lowest BCUT2D eigenvalue weighted by Gasteiger charge is -2.09. The van der Waals surface area contributed by atoms with Crippen molar-refractivity contribution in [1.29, 1.82) is 0 Å². The summed E-state index contributed by atoms with van der Waals surface area (Å²) in [6.45, 7) is 1.39. The molecule has 0 aliphatic carbocycles. The van der Waals surface area contributed by atoms with E-state index in [-0.39, 0.29) is 21.9 Å². The molecule has 0 unspecified atom stereocenters. The summed E-state index contributed by atoms with van der Waals surface area (Å²) in [6, 6.07) is 10.6. The Bertz CT molecular complexity index is 808. The molecule has 6 nitrogen and oxygen atoms in total. The van der Waals surface area contributed by atoms with Gasteiger partial charge in [0.1, 0.15) is 0 Å². The molecule has 2 rings (SSSR count). The predicted octanol–water partition coefficient (Wildman–Crippen LogP) is 1.05.